The molecule has 10 heteroatoms. The van der Waals surface area contributed by atoms with Gasteiger partial charge in [-0.25, -0.2) is 9.78 Å². The van der Waals surface area contributed by atoms with Gasteiger partial charge in [-0.1, -0.05) is 18.2 Å². The van der Waals surface area contributed by atoms with E-state index in [1.54, 1.807) is 25.1 Å². The largest absolute Gasteiger partial charge is 0.481 e. The number of carbonyl (C=O) groups is 2. The Labute approximate surface area is 198 Å². The molecule has 0 radical (unpaired) electrons. The number of carboxylic acid groups (broad SMARTS) is 1. The van der Waals surface area contributed by atoms with Gasteiger partial charge in [0.25, 0.3) is 0 Å². The lowest BCUT2D eigenvalue weighted by atomic mass is 10.0. The quantitative estimate of drug-likeness (QED) is 0.423. The van der Waals surface area contributed by atoms with Crippen molar-refractivity contribution in [1.82, 2.24) is 4.98 Å². The van der Waals surface area contributed by atoms with Crippen LogP contribution in [-0.2, 0) is 28.7 Å². The molecule has 1 heterocycles. The number of aryl methyl sites for hydroxylation is 3. The van der Waals surface area contributed by atoms with Gasteiger partial charge >= 0.3 is 18.2 Å². The van der Waals surface area contributed by atoms with Crippen LogP contribution in [0.1, 0.15) is 33.7 Å². The summed E-state index contributed by atoms with van der Waals surface area (Å²) < 4.78 is 43.5. The molecule has 0 aliphatic carbocycles. The number of hydrogen-bond acceptors (Lipinski definition) is 5. The second-order valence-corrected chi connectivity index (χ2v) is 8.75. The SMILES string of the molecule is COC(=O)N(Cc1sc(-c2ccc(C(F)(F)F)cc2)nc1C)c1ccc(CCC(=O)O)c(C)c1. The van der Waals surface area contributed by atoms with Crippen LogP contribution in [0.2, 0.25) is 0 Å². The number of rotatable bonds is 7. The van der Waals surface area contributed by atoms with Gasteiger partial charge in [0.1, 0.15) is 5.01 Å². The number of anilines is 1. The number of thiazole rings is 1. The number of ether oxygens (including phenoxy) is 1. The Morgan fingerprint density at radius 2 is 1.79 bits per heavy atom. The highest BCUT2D eigenvalue weighted by molar-refractivity contribution is 7.15. The van der Waals surface area contributed by atoms with Crippen LogP contribution in [-0.4, -0.2) is 29.3 Å². The zero-order chi connectivity index (χ0) is 25.0. The van der Waals surface area contributed by atoms with Gasteiger partial charge in [0, 0.05) is 22.5 Å². The molecular formula is C24H23F3N2O4S. The lowest BCUT2D eigenvalue weighted by Gasteiger charge is -2.22. The Balaban J connectivity index is 1.86. The van der Waals surface area contributed by atoms with Crippen LogP contribution in [0.3, 0.4) is 0 Å². The molecule has 0 saturated carbocycles. The third-order valence-corrected chi connectivity index (χ3v) is 6.49. The summed E-state index contributed by atoms with van der Waals surface area (Å²) in [4.78, 5) is 30.1. The molecule has 0 saturated heterocycles. The average molecular weight is 493 g/mol. The van der Waals surface area contributed by atoms with E-state index in [0.29, 0.717) is 28.4 Å². The third kappa shape index (κ3) is 5.93. The number of aromatic nitrogens is 1. The summed E-state index contributed by atoms with van der Waals surface area (Å²) in [6.07, 6.45) is -4.61. The maximum atomic E-state index is 12.8. The van der Waals surface area contributed by atoms with Crippen LogP contribution in [0.25, 0.3) is 10.6 Å². The lowest BCUT2D eigenvalue weighted by Crippen LogP contribution is -2.30. The first-order chi connectivity index (χ1) is 16.0. The van der Waals surface area contributed by atoms with Crippen molar-refractivity contribution in [1.29, 1.82) is 0 Å². The average Bonchev–Trinajstić information content (AvgIpc) is 3.15. The van der Waals surface area contributed by atoms with Crippen LogP contribution in [0.15, 0.2) is 42.5 Å². The predicted molar refractivity (Wildman–Crippen MR) is 123 cm³/mol. The monoisotopic (exact) mass is 492 g/mol. The van der Waals surface area contributed by atoms with Crippen LogP contribution >= 0.6 is 11.3 Å². The second-order valence-electron chi connectivity index (χ2n) is 7.66. The molecule has 0 fully saturated rings. The van der Waals surface area contributed by atoms with Crippen LogP contribution in [0, 0.1) is 13.8 Å². The molecule has 0 spiro atoms. The Kier molecular flexibility index (Phi) is 7.61. The van der Waals surface area contributed by atoms with Gasteiger partial charge in [-0.05, 0) is 55.7 Å². The van der Waals surface area contributed by atoms with Crippen LogP contribution in [0.4, 0.5) is 23.7 Å². The topological polar surface area (TPSA) is 79.7 Å². The van der Waals surface area contributed by atoms with E-state index in [2.05, 4.69) is 4.98 Å². The number of benzene rings is 2. The Hall–Kier alpha value is -3.40. The van der Waals surface area contributed by atoms with Gasteiger partial charge in [-0.3, -0.25) is 9.69 Å². The molecule has 0 aliphatic rings. The van der Waals surface area contributed by atoms with Crippen molar-refractivity contribution < 1.29 is 32.6 Å². The molecule has 34 heavy (non-hydrogen) atoms. The summed E-state index contributed by atoms with van der Waals surface area (Å²) in [5.41, 5.74) is 2.77. The number of aliphatic carboxylic acids is 1. The Morgan fingerprint density at radius 3 is 2.35 bits per heavy atom. The van der Waals surface area contributed by atoms with Gasteiger partial charge in [0.05, 0.1) is 24.9 Å². The van der Waals surface area contributed by atoms with Gasteiger partial charge in [-0.2, -0.15) is 13.2 Å². The van der Waals surface area contributed by atoms with Gasteiger partial charge in [-0.15, -0.1) is 11.3 Å². The van der Waals surface area contributed by atoms with Crippen molar-refractivity contribution in [3.8, 4) is 10.6 Å². The summed E-state index contributed by atoms with van der Waals surface area (Å²) in [6, 6.07) is 10.1. The first-order valence-corrected chi connectivity index (χ1v) is 11.1. The predicted octanol–water partition coefficient (Wildman–Crippen LogP) is 6.24. The summed E-state index contributed by atoms with van der Waals surface area (Å²) in [6.45, 7) is 3.77. The van der Waals surface area contributed by atoms with Crippen molar-refractivity contribution in [2.75, 3.05) is 12.0 Å². The smallest absolute Gasteiger partial charge is 0.416 e. The normalized spacial score (nSPS) is 11.4. The number of carbonyl (C=O) groups excluding carboxylic acids is 1. The fourth-order valence-electron chi connectivity index (χ4n) is 3.39. The van der Waals surface area contributed by atoms with Crippen molar-refractivity contribution in [3.05, 3.63) is 69.7 Å². The van der Waals surface area contributed by atoms with E-state index in [-0.39, 0.29) is 13.0 Å². The number of methoxy groups -OCH3 is 1. The zero-order valence-corrected chi connectivity index (χ0v) is 19.6. The molecule has 0 bridgehead atoms. The maximum Gasteiger partial charge on any atom is 0.416 e. The van der Waals surface area contributed by atoms with E-state index in [9.17, 15) is 22.8 Å². The van der Waals surface area contributed by atoms with Gasteiger partial charge < -0.3 is 9.84 Å². The number of amides is 1. The third-order valence-electron chi connectivity index (χ3n) is 5.29. The minimum absolute atomic E-state index is 0.00763. The van der Waals surface area contributed by atoms with E-state index < -0.39 is 23.8 Å². The number of nitrogens with zero attached hydrogens (tertiary/aromatic N) is 2. The zero-order valence-electron chi connectivity index (χ0n) is 18.8. The van der Waals surface area contributed by atoms with Crippen molar-refractivity contribution in [2.45, 2.75) is 39.4 Å². The van der Waals surface area contributed by atoms with E-state index in [4.69, 9.17) is 9.84 Å². The second kappa shape index (κ2) is 10.3. The van der Waals surface area contributed by atoms with E-state index in [1.165, 1.54) is 35.5 Å². The molecule has 180 valence electrons. The molecule has 1 aromatic heterocycles. The Morgan fingerprint density at radius 1 is 1.12 bits per heavy atom. The molecule has 0 unspecified atom stereocenters. The minimum atomic E-state index is -4.41. The summed E-state index contributed by atoms with van der Waals surface area (Å²) in [5.74, 6) is -0.885. The maximum absolute atomic E-state index is 12.8. The van der Waals surface area contributed by atoms with E-state index in [1.807, 2.05) is 6.92 Å². The molecule has 0 aliphatic heterocycles. The molecule has 3 aromatic rings. The standard InChI is InChI=1S/C24H23F3N2O4S/c1-14-12-19(10-6-16(14)7-11-21(30)31)29(23(32)33-3)13-20-15(2)28-22(34-20)17-4-8-18(9-5-17)24(25,26)27/h4-6,8-10,12H,7,11,13H2,1-3H3,(H,30,31). The fraction of sp³-hybridized carbons (Fsp3) is 0.292. The van der Waals surface area contributed by atoms with Crippen molar-refractivity contribution >= 4 is 29.1 Å². The van der Waals surface area contributed by atoms with Crippen LogP contribution in [0.5, 0.6) is 0 Å². The number of halogens is 3. The molecule has 1 N–H and O–H groups in total. The number of carboxylic acids is 1. The number of alkyl halides is 3. The Bertz CT molecular complexity index is 1190. The van der Waals surface area contributed by atoms with Crippen molar-refractivity contribution in [3.63, 3.8) is 0 Å². The number of hydrogen-bond donors (Lipinski definition) is 1. The lowest BCUT2D eigenvalue weighted by molar-refractivity contribution is -0.138. The minimum Gasteiger partial charge on any atom is -0.481 e. The molecular weight excluding hydrogens is 469 g/mol. The molecule has 3 rings (SSSR count). The molecule has 0 atom stereocenters. The van der Waals surface area contributed by atoms with Gasteiger partial charge in [0.2, 0.25) is 0 Å². The molecule has 1 amide bonds. The highest BCUT2D eigenvalue weighted by Gasteiger charge is 2.30. The fourth-order valence-corrected chi connectivity index (χ4v) is 4.44. The van der Waals surface area contributed by atoms with Gasteiger partial charge in [0.15, 0.2) is 0 Å². The van der Waals surface area contributed by atoms with E-state index >= 15 is 0 Å². The van der Waals surface area contributed by atoms with E-state index in [0.717, 1.165) is 28.1 Å². The summed E-state index contributed by atoms with van der Waals surface area (Å²) >= 11 is 1.29. The molecule has 6 nitrogen and oxygen atoms in total. The van der Waals surface area contributed by atoms with Crippen molar-refractivity contribution in [2.24, 2.45) is 0 Å². The first-order valence-electron chi connectivity index (χ1n) is 10.3. The molecule has 2 aromatic carbocycles. The highest BCUT2D eigenvalue weighted by Crippen LogP contribution is 2.34. The first kappa shape index (κ1) is 25.2. The summed E-state index contributed by atoms with van der Waals surface area (Å²) in [7, 11) is 1.27. The highest BCUT2D eigenvalue weighted by atomic mass is 32.1. The van der Waals surface area contributed by atoms with Crippen LogP contribution < -0.4 is 4.90 Å². The summed E-state index contributed by atoms with van der Waals surface area (Å²) in [5, 5.41) is 9.46.